The van der Waals surface area contributed by atoms with Crippen LogP contribution < -0.4 is 5.32 Å². The van der Waals surface area contributed by atoms with Gasteiger partial charge < -0.3 is 15.2 Å². The van der Waals surface area contributed by atoms with Gasteiger partial charge in [-0.3, -0.25) is 9.59 Å². The number of phenols is 1. The number of aryl methyl sites for hydroxylation is 1. The Hall–Kier alpha value is -2.82. The maximum Gasteiger partial charge on any atom is 0.310 e. The third-order valence-electron chi connectivity index (χ3n) is 4.35. The largest absolute Gasteiger partial charge is 0.508 e. The molecule has 0 aromatic heterocycles. The van der Waals surface area contributed by atoms with E-state index in [-0.39, 0.29) is 30.7 Å². The first-order valence-corrected chi connectivity index (χ1v) is 8.42. The Bertz CT molecular complexity index is 755. The van der Waals surface area contributed by atoms with Crippen LogP contribution in [0.15, 0.2) is 48.5 Å². The Morgan fingerprint density at radius 3 is 2.68 bits per heavy atom. The molecule has 0 fully saturated rings. The van der Waals surface area contributed by atoms with E-state index in [1.165, 1.54) is 17.7 Å². The number of esters is 1. The number of fused-ring (bicyclic) bond motifs is 1. The summed E-state index contributed by atoms with van der Waals surface area (Å²) in [6, 6.07) is 14.4. The highest BCUT2D eigenvalue weighted by Crippen LogP contribution is 2.29. The molecule has 1 atom stereocenters. The molecule has 5 nitrogen and oxygen atoms in total. The van der Waals surface area contributed by atoms with Gasteiger partial charge in [0.15, 0.2) is 6.61 Å². The normalized spacial score (nSPS) is 15.9. The molecule has 0 bridgehead atoms. The van der Waals surface area contributed by atoms with E-state index in [0.717, 1.165) is 30.4 Å². The van der Waals surface area contributed by atoms with Crippen molar-refractivity contribution in [3.05, 3.63) is 65.2 Å². The minimum atomic E-state index is -0.468. The first-order valence-electron chi connectivity index (χ1n) is 8.42. The van der Waals surface area contributed by atoms with Gasteiger partial charge in [-0.2, -0.15) is 0 Å². The van der Waals surface area contributed by atoms with Crippen LogP contribution in [-0.4, -0.2) is 23.6 Å². The van der Waals surface area contributed by atoms with Crippen molar-refractivity contribution in [3.63, 3.8) is 0 Å². The van der Waals surface area contributed by atoms with E-state index < -0.39 is 5.97 Å². The summed E-state index contributed by atoms with van der Waals surface area (Å²) in [7, 11) is 0. The van der Waals surface area contributed by atoms with E-state index in [2.05, 4.69) is 11.4 Å². The molecule has 0 aliphatic heterocycles. The lowest BCUT2D eigenvalue weighted by Gasteiger charge is -2.26. The van der Waals surface area contributed by atoms with Crippen molar-refractivity contribution in [1.29, 1.82) is 0 Å². The molecule has 2 N–H and O–H groups in total. The molecule has 0 radical (unpaired) electrons. The van der Waals surface area contributed by atoms with Gasteiger partial charge in [-0.15, -0.1) is 0 Å². The Kier molecular flexibility index (Phi) is 5.33. The number of carbonyl (C=O) groups excluding carboxylic acids is 2. The van der Waals surface area contributed by atoms with Crippen molar-refractivity contribution < 1.29 is 19.4 Å². The lowest BCUT2D eigenvalue weighted by Crippen LogP contribution is -2.34. The predicted molar refractivity (Wildman–Crippen MR) is 93.0 cm³/mol. The van der Waals surface area contributed by atoms with Gasteiger partial charge in [0.25, 0.3) is 5.91 Å². The fourth-order valence-corrected chi connectivity index (χ4v) is 3.12. The number of phenolic OH excluding ortho intramolecular Hbond substituents is 1. The van der Waals surface area contributed by atoms with Crippen LogP contribution in [0.3, 0.4) is 0 Å². The van der Waals surface area contributed by atoms with Crippen molar-refractivity contribution in [3.8, 4) is 5.75 Å². The topological polar surface area (TPSA) is 75.6 Å². The fraction of sp³-hybridized carbons (Fsp3) is 0.300. The average molecular weight is 339 g/mol. The molecule has 1 aliphatic rings. The Morgan fingerprint density at radius 2 is 1.88 bits per heavy atom. The van der Waals surface area contributed by atoms with E-state index in [1.807, 2.05) is 18.2 Å². The van der Waals surface area contributed by atoms with Gasteiger partial charge in [0.1, 0.15) is 5.75 Å². The second-order valence-electron chi connectivity index (χ2n) is 6.22. The molecule has 1 aliphatic carbocycles. The van der Waals surface area contributed by atoms with E-state index in [4.69, 9.17) is 4.74 Å². The molecule has 25 heavy (non-hydrogen) atoms. The molecule has 0 unspecified atom stereocenters. The van der Waals surface area contributed by atoms with Gasteiger partial charge in [-0.25, -0.2) is 0 Å². The van der Waals surface area contributed by atoms with Crippen LogP contribution in [-0.2, 0) is 27.2 Å². The maximum atomic E-state index is 12.1. The third kappa shape index (κ3) is 4.59. The van der Waals surface area contributed by atoms with E-state index in [9.17, 15) is 14.7 Å². The zero-order valence-corrected chi connectivity index (χ0v) is 13.9. The van der Waals surface area contributed by atoms with Crippen molar-refractivity contribution in [2.24, 2.45) is 0 Å². The Labute approximate surface area is 146 Å². The third-order valence-corrected chi connectivity index (χ3v) is 4.35. The number of hydrogen-bond donors (Lipinski definition) is 2. The summed E-state index contributed by atoms with van der Waals surface area (Å²) in [6.07, 6.45) is 3.02. The molecule has 1 amide bonds. The van der Waals surface area contributed by atoms with E-state index in [0.29, 0.717) is 0 Å². The molecule has 3 rings (SSSR count). The number of aromatic hydroxyl groups is 1. The molecular weight excluding hydrogens is 318 g/mol. The van der Waals surface area contributed by atoms with Crippen LogP contribution in [0.5, 0.6) is 5.75 Å². The van der Waals surface area contributed by atoms with Crippen LogP contribution in [0.2, 0.25) is 0 Å². The fourth-order valence-electron chi connectivity index (χ4n) is 3.12. The number of ether oxygens (including phenoxy) is 1. The smallest absolute Gasteiger partial charge is 0.310 e. The minimum Gasteiger partial charge on any atom is -0.508 e. The highest BCUT2D eigenvalue weighted by Gasteiger charge is 2.21. The summed E-state index contributed by atoms with van der Waals surface area (Å²) in [5.74, 6) is -0.616. The highest BCUT2D eigenvalue weighted by atomic mass is 16.5. The SMILES string of the molecule is O=C(COC(=O)Cc1ccc(O)cc1)N[C@H]1CCCc2ccccc21. The molecule has 0 heterocycles. The van der Waals surface area contributed by atoms with Crippen LogP contribution in [0, 0.1) is 0 Å². The van der Waals surface area contributed by atoms with Crippen molar-refractivity contribution in [2.75, 3.05) is 6.61 Å². The average Bonchev–Trinajstić information content (AvgIpc) is 2.62. The zero-order chi connectivity index (χ0) is 17.6. The molecule has 2 aromatic rings. The summed E-state index contributed by atoms with van der Waals surface area (Å²) in [4.78, 5) is 23.9. The Morgan fingerprint density at radius 1 is 1.12 bits per heavy atom. The maximum absolute atomic E-state index is 12.1. The van der Waals surface area contributed by atoms with Crippen LogP contribution in [0.1, 0.15) is 35.6 Å². The molecule has 2 aromatic carbocycles. The molecule has 0 saturated carbocycles. The number of carbonyl (C=O) groups is 2. The van der Waals surface area contributed by atoms with E-state index >= 15 is 0 Å². The molecule has 5 heteroatoms. The van der Waals surface area contributed by atoms with Crippen LogP contribution >= 0.6 is 0 Å². The summed E-state index contributed by atoms with van der Waals surface area (Å²) in [5, 5.41) is 12.2. The number of nitrogens with one attached hydrogen (secondary N) is 1. The van der Waals surface area contributed by atoms with Gasteiger partial charge in [0, 0.05) is 0 Å². The number of amides is 1. The van der Waals surface area contributed by atoms with Gasteiger partial charge in [0.2, 0.25) is 0 Å². The summed E-state index contributed by atoms with van der Waals surface area (Å²) >= 11 is 0. The number of hydrogen-bond acceptors (Lipinski definition) is 4. The Balaban J connectivity index is 1.48. The van der Waals surface area contributed by atoms with Gasteiger partial charge >= 0.3 is 5.97 Å². The molecule has 0 spiro atoms. The lowest BCUT2D eigenvalue weighted by atomic mass is 9.88. The monoisotopic (exact) mass is 339 g/mol. The molecule has 130 valence electrons. The molecular formula is C20H21NO4. The van der Waals surface area contributed by atoms with Crippen molar-refractivity contribution >= 4 is 11.9 Å². The first kappa shape index (κ1) is 17.0. The summed E-state index contributed by atoms with van der Waals surface area (Å²) in [6.45, 7) is -0.282. The second kappa shape index (κ2) is 7.83. The number of rotatable bonds is 5. The predicted octanol–water partition coefficient (Wildman–Crippen LogP) is 2.67. The zero-order valence-electron chi connectivity index (χ0n) is 13.9. The quantitative estimate of drug-likeness (QED) is 0.821. The second-order valence-corrected chi connectivity index (χ2v) is 6.22. The van der Waals surface area contributed by atoms with Gasteiger partial charge in [-0.05, 0) is 48.1 Å². The van der Waals surface area contributed by atoms with Gasteiger partial charge in [-0.1, -0.05) is 36.4 Å². The minimum absolute atomic E-state index is 0.0201. The first-order chi connectivity index (χ1) is 12.1. The van der Waals surface area contributed by atoms with Gasteiger partial charge in [0.05, 0.1) is 12.5 Å². The summed E-state index contributed by atoms with van der Waals surface area (Å²) in [5.41, 5.74) is 3.14. The molecule has 0 saturated heterocycles. The van der Waals surface area contributed by atoms with Crippen molar-refractivity contribution in [2.45, 2.75) is 31.7 Å². The standard InChI is InChI=1S/C20H21NO4/c22-16-10-8-14(9-11-16)12-20(24)25-13-19(23)21-18-7-3-5-15-4-1-2-6-17(15)18/h1-2,4,6,8-11,18,22H,3,5,7,12-13H2,(H,21,23)/t18-/m0/s1. The highest BCUT2D eigenvalue weighted by molar-refractivity contribution is 5.81. The van der Waals surface area contributed by atoms with Crippen LogP contribution in [0.4, 0.5) is 0 Å². The van der Waals surface area contributed by atoms with E-state index in [1.54, 1.807) is 12.1 Å². The number of benzene rings is 2. The summed E-state index contributed by atoms with van der Waals surface area (Å²) < 4.78 is 5.05. The lowest BCUT2D eigenvalue weighted by molar-refractivity contribution is -0.148. The van der Waals surface area contributed by atoms with Crippen LogP contribution in [0.25, 0.3) is 0 Å². The van der Waals surface area contributed by atoms with Crippen molar-refractivity contribution in [1.82, 2.24) is 5.32 Å².